The highest BCUT2D eigenvalue weighted by Gasteiger charge is 2.27. The van der Waals surface area contributed by atoms with Gasteiger partial charge < -0.3 is 29.5 Å². The van der Waals surface area contributed by atoms with Gasteiger partial charge >= 0.3 is 6.03 Å². The monoisotopic (exact) mass is 403 g/mol. The first-order valence-electron chi connectivity index (χ1n) is 9.35. The van der Waals surface area contributed by atoms with E-state index >= 15 is 0 Å². The number of carbonyl (C=O) groups excluding carboxylic acids is 2. The maximum atomic E-state index is 12.5. The van der Waals surface area contributed by atoms with Crippen LogP contribution in [0, 0.1) is 12.8 Å². The van der Waals surface area contributed by atoms with Gasteiger partial charge in [0.15, 0.2) is 17.3 Å². The number of rotatable bonds is 6. The molecule has 10 nitrogen and oxygen atoms in total. The molecule has 2 N–H and O–H groups in total. The van der Waals surface area contributed by atoms with Gasteiger partial charge in [0.05, 0.1) is 20.8 Å². The quantitative estimate of drug-likeness (QED) is 0.757. The van der Waals surface area contributed by atoms with Gasteiger partial charge in [0.25, 0.3) is 0 Å². The molecule has 1 aromatic carbocycles. The number of aromatic nitrogens is 2. The highest BCUT2D eigenvalue weighted by Crippen LogP contribution is 2.30. The number of likely N-dealkylation sites (tertiary alicyclic amines) is 1. The molecule has 0 bridgehead atoms. The molecule has 29 heavy (non-hydrogen) atoms. The van der Waals surface area contributed by atoms with Crippen molar-refractivity contribution in [2.75, 3.05) is 32.6 Å². The second-order valence-electron chi connectivity index (χ2n) is 6.71. The predicted molar refractivity (Wildman–Crippen MR) is 104 cm³/mol. The Bertz CT molecular complexity index is 860. The zero-order chi connectivity index (χ0) is 20.8. The van der Waals surface area contributed by atoms with Crippen LogP contribution in [0.15, 0.2) is 22.7 Å². The first-order valence-corrected chi connectivity index (χ1v) is 9.35. The van der Waals surface area contributed by atoms with Crippen molar-refractivity contribution in [2.24, 2.45) is 5.92 Å². The van der Waals surface area contributed by atoms with Crippen LogP contribution in [0.5, 0.6) is 11.5 Å². The van der Waals surface area contributed by atoms with Crippen molar-refractivity contribution in [1.29, 1.82) is 0 Å². The van der Waals surface area contributed by atoms with Gasteiger partial charge in [0.1, 0.15) is 0 Å². The third-order valence-electron chi connectivity index (χ3n) is 4.77. The summed E-state index contributed by atoms with van der Waals surface area (Å²) >= 11 is 0. The van der Waals surface area contributed by atoms with Crippen LogP contribution in [0.2, 0.25) is 0 Å². The van der Waals surface area contributed by atoms with Crippen molar-refractivity contribution in [3.8, 4) is 11.5 Å². The first-order chi connectivity index (χ1) is 14.0. The molecule has 1 aliphatic rings. The Labute approximate surface area is 168 Å². The fourth-order valence-corrected chi connectivity index (χ4v) is 3.18. The Balaban J connectivity index is 1.47. The number of anilines is 1. The maximum absolute atomic E-state index is 12.5. The topological polar surface area (TPSA) is 119 Å². The molecular weight excluding hydrogens is 378 g/mol. The molecule has 0 spiro atoms. The SMILES string of the molecule is COc1ccc(NC(=O)N2CCC(C(=O)NCc3nc(C)no3)CC2)cc1OC. The van der Waals surface area contributed by atoms with E-state index < -0.39 is 0 Å². The van der Waals surface area contributed by atoms with Crippen LogP contribution >= 0.6 is 0 Å². The average molecular weight is 403 g/mol. The molecule has 0 atom stereocenters. The van der Waals surface area contributed by atoms with Crippen LogP contribution in [-0.2, 0) is 11.3 Å². The number of nitrogens with zero attached hydrogens (tertiary/aromatic N) is 3. The summed E-state index contributed by atoms with van der Waals surface area (Å²) in [6.45, 7) is 2.92. The minimum atomic E-state index is -0.211. The van der Waals surface area contributed by atoms with Crippen LogP contribution in [0.3, 0.4) is 0 Å². The van der Waals surface area contributed by atoms with E-state index in [4.69, 9.17) is 14.0 Å². The molecule has 2 heterocycles. The van der Waals surface area contributed by atoms with E-state index in [0.29, 0.717) is 54.8 Å². The molecule has 0 aliphatic carbocycles. The van der Waals surface area contributed by atoms with Gasteiger partial charge in [-0.3, -0.25) is 4.79 Å². The molecular formula is C19H25N5O5. The van der Waals surface area contributed by atoms with Crippen molar-refractivity contribution in [2.45, 2.75) is 26.3 Å². The minimum Gasteiger partial charge on any atom is -0.493 e. The van der Waals surface area contributed by atoms with E-state index in [2.05, 4.69) is 20.8 Å². The molecule has 10 heteroatoms. The Morgan fingerprint density at radius 2 is 1.93 bits per heavy atom. The Morgan fingerprint density at radius 3 is 2.55 bits per heavy atom. The largest absolute Gasteiger partial charge is 0.493 e. The van der Waals surface area contributed by atoms with Gasteiger partial charge in [-0.1, -0.05) is 5.16 Å². The number of urea groups is 1. The maximum Gasteiger partial charge on any atom is 0.321 e. The second kappa shape index (κ2) is 9.26. The van der Waals surface area contributed by atoms with E-state index in [1.165, 1.54) is 0 Å². The molecule has 0 radical (unpaired) electrons. The van der Waals surface area contributed by atoms with Gasteiger partial charge in [-0.2, -0.15) is 4.98 Å². The number of benzene rings is 1. The van der Waals surface area contributed by atoms with Gasteiger partial charge in [0.2, 0.25) is 11.8 Å². The summed E-state index contributed by atoms with van der Waals surface area (Å²) in [5.41, 5.74) is 0.613. The third-order valence-corrected chi connectivity index (χ3v) is 4.77. The lowest BCUT2D eigenvalue weighted by Crippen LogP contribution is -2.44. The van der Waals surface area contributed by atoms with Crippen LogP contribution in [0.4, 0.5) is 10.5 Å². The second-order valence-corrected chi connectivity index (χ2v) is 6.71. The molecule has 156 valence electrons. The number of carbonyl (C=O) groups is 2. The van der Waals surface area contributed by atoms with Crippen molar-refractivity contribution in [3.05, 3.63) is 29.9 Å². The number of methoxy groups -OCH3 is 2. The fraction of sp³-hybridized carbons (Fsp3) is 0.474. The molecule has 0 saturated carbocycles. The number of ether oxygens (including phenoxy) is 2. The van der Waals surface area contributed by atoms with Gasteiger partial charge in [-0.15, -0.1) is 0 Å². The van der Waals surface area contributed by atoms with Crippen molar-refractivity contribution in [1.82, 2.24) is 20.4 Å². The van der Waals surface area contributed by atoms with Gasteiger partial charge in [-0.25, -0.2) is 4.79 Å². The van der Waals surface area contributed by atoms with Crippen LogP contribution in [0.25, 0.3) is 0 Å². The summed E-state index contributed by atoms with van der Waals surface area (Å²) in [7, 11) is 3.10. The predicted octanol–water partition coefficient (Wildman–Crippen LogP) is 1.96. The van der Waals surface area contributed by atoms with Gasteiger partial charge in [-0.05, 0) is 31.9 Å². The lowest BCUT2D eigenvalue weighted by atomic mass is 9.96. The normalized spacial score (nSPS) is 14.4. The number of amides is 3. The third kappa shape index (κ3) is 5.15. The molecule has 0 unspecified atom stereocenters. The zero-order valence-electron chi connectivity index (χ0n) is 16.7. The number of aryl methyl sites for hydroxylation is 1. The first kappa shape index (κ1) is 20.4. The molecule has 1 aliphatic heterocycles. The lowest BCUT2D eigenvalue weighted by Gasteiger charge is -2.31. The van der Waals surface area contributed by atoms with Crippen LogP contribution in [0.1, 0.15) is 24.6 Å². The Morgan fingerprint density at radius 1 is 1.21 bits per heavy atom. The smallest absolute Gasteiger partial charge is 0.321 e. The summed E-state index contributed by atoms with van der Waals surface area (Å²) in [6.07, 6.45) is 1.18. The van der Waals surface area contributed by atoms with Crippen LogP contribution in [-0.4, -0.2) is 54.3 Å². The fourth-order valence-electron chi connectivity index (χ4n) is 3.18. The number of nitrogens with one attached hydrogen (secondary N) is 2. The van der Waals surface area contributed by atoms with E-state index in [1.54, 1.807) is 44.2 Å². The minimum absolute atomic E-state index is 0.0687. The van der Waals surface area contributed by atoms with Gasteiger partial charge in [0, 0.05) is 30.8 Å². The summed E-state index contributed by atoms with van der Waals surface area (Å²) in [4.78, 5) is 30.6. The van der Waals surface area contributed by atoms with E-state index in [1.807, 2.05) is 0 Å². The van der Waals surface area contributed by atoms with Crippen molar-refractivity contribution < 1.29 is 23.6 Å². The number of hydrogen-bond donors (Lipinski definition) is 2. The summed E-state index contributed by atoms with van der Waals surface area (Å²) in [5.74, 6) is 1.82. The molecule has 2 aromatic rings. The molecule has 1 aromatic heterocycles. The zero-order valence-corrected chi connectivity index (χ0v) is 16.7. The molecule has 3 rings (SSSR count). The standard InChI is InChI=1S/C19H25N5O5/c1-12-21-17(29-23-12)11-20-18(25)13-6-8-24(9-7-13)19(26)22-14-4-5-15(27-2)16(10-14)28-3/h4-5,10,13H,6-9,11H2,1-3H3,(H,20,25)(H,22,26). The number of hydrogen-bond acceptors (Lipinski definition) is 7. The van der Waals surface area contributed by atoms with Crippen molar-refractivity contribution in [3.63, 3.8) is 0 Å². The molecule has 1 saturated heterocycles. The van der Waals surface area contributed by atoms with E-state index in [-0.39, 0.29) is 24.4 Å². The van der Waals surface area contributed by atoms with E-state index in [0.717, 1.165) is 0 Å². The summed E-state index contributed by atoms with van der Waals surface area (Å²) in [6, 6.07) is 4.97. The summed E-state index contributed by atoms with van der Waals surface area (Å²) in [5, 5.41) is 9.35. The van der Waals surface area contributed by atoms with Crippen molar-refractivity contribution >= 4 is 17.6 Å². The average Bonchev–Trinajstić information content (AvgIpc) is 3.17. The summed E-state index contributed by atoms with van der Waals surface area (Å²) < 4.78 is 15.4. The Kier molecular flexibility index (Phi) is 6.53. The highest BCUT2D eigenvalue weighted by atomic mass is 16.5. The lowest BCUT2D eigenvalue weighted by molar-refractivity contribution is -0.126. The highest BCUT2D eigenvalue weighted by molar-refractivity contribution is 5.90. The molecule has 1 fully saturated rings. The van der Waals surface area contributed by atoms with E-state index in [9.17, 15) is 9.59 Å². The molecule has 3 amide bonds. The Hall–Kier alpha value is -3.30. The number of piperidine rings is 1. The van der Waals surface area contributed by atoms with Crippen LogP contribution < -0.4 is 20.1 Å².